The van der Waals surface area contributed by atoms with Crippen LogP contribution in [-0.2, 0) is 9.53 Å². The van der Waals surface area contributed by atoms with Gasteiger partial charge >= 0.3 is 5.97 Å². The van der Waals surface area contributed by atoms with Crippen molar-refractivity contribution in [2.24, 2.45) is 5.92 Å². The molecule has 6 nitrogen and oxygen atoms in total. The first-order chi connectivity index (χ1) is 15.2. The summed E-state index contributed by atoms with van der Waals surface area (Å²) in [6.07, 6.45) is 3.91. The molecule has 0 bridgehead atoms. The molecular weight excluding hydrogens is 410 g/mol. The van der Waals surface area contributed by atoms with E-state index < -0.39 is 0 Å². The third-order valence-corrected chi connectivity index (χ3v) is 6.85. The van der Waals surface area contributed by atoms with Crippen molar-refractivity contribution in [3.8, 4) is 11.5 Å². The SMILES string of the molecule is CCN1Sc2ccccc2C(OC(=O)C2CCCC2)=C1c1nnc(-c2ccccc2)o1. The lowest BCUT2D eigenvalue weighted by Crippen LogP contribution is -2.23. The Morgan fingerprint density at radius 3 is 2.55 bits per heavy atom. The molecule has 0 N–H and O–H groups in total. The summed E-state index contributed by atoms with van der Waals surface area (Å²) < 4.78 is 14.2. The van der Waals surface area contributed by atoms with Crippen molar-refractivity contribution < 1.29 is 13.9 Å². The predicted molar refractivity (Wildman–Crippen MR) is 119 cm³/mol. The van der Waals surface area contributed by atoms with Gasteiger partial charge in [0.1, 0.15) is 0 Å². The molecule has 1 aliphatic carbocycles. The monoisotopic (exact) mass is 433 g/mol. The number of rotatable bonds is 5. The maximum Gasteiger partial charge on any atom is 0.314 e. The number of carbonyl (C=O) groups excluding carboxylic acids is 1. The van der Waals surface area contributed by atoms with E-state index in [4.69, 9.17) is 9.15 Å². The highest BCUT2D eigenvalue weighted by Gasteiger charge is 2.34. The van der Waals surface area contributed by atoms with Gasteiger partial charge in [0.05, 0.1) is 5.92 Å². The molecule has 31 heavy (non-hydrogen) atoms. The number of benzene rings is 2. The minimum absolute atomic E-state index is 0.0480. The molecule has 158 valence electrons. The fourth-order valence-electron chi connectivity index (χ4n) is 4.03. The molecule has 0 radical (unpaired) electrons. The Morgan fingerprint density at radius 2 is 1.77 bits per heavy atom. The van der Waals surface area contributed by atoms with Gasteiger partial charge < -0.3 is 13.5 Å². The van der Waals surface area contributed by atoms with Gasteiger partial charge in [-0.25, -0.2) is 0 Å². The molecule has 0 amide bonds. The van der Waals surface area contributed by atoms with E-state index in [1.54, 1.807) is 11.9 Å². The summed E-state index contributed by atoms with van der Waals surface area (Å²) in [4.78, 5) is 14.0. The number of hydrogen-bond acceptors (Lipinski definition) is 7. The zero-order valence-electron chi connectivity index (χ0n) is 17.3. The molecule has 1 fully saturated rings. The average Bonchev–Trinajstić information content (AvgIpc) is 3.52. The van der Waals surface area contributed by atoms with Gasteiger partial charge in [0.2, 0.25) is 5.89 Å². The third-order valence-electron chi connectivity index (χ3n) is 5.63. The van der Waals surface area contributed by atoms with Crippen molar-refractivity contribution in [3.63, 3.8) is 0 Å². The van der Waals surface area contributed by atoms with Crippen LogP contribution in [0.15, 0.2) is 63.9 Å². The molecule has 1 saturated carbocycles. The summed E-state index contributed by atoms with van der Waals surface area (Å²) in [5, 5.41) is 8.57. The first kappa shape index (κ1) is 19.9. The van der Waals surface area contributed by atoms with E-state index in [-0.39, 0.29) is 11.9 Å². The maximum atomic E-state index is 13.0. The van der Waals surface area contributed by atoms with Crippen LogP contribution in [0.4, 0.5) is 0 Å². The van der Waals surface area contributed by atoms with Gasteiger partial charge in [0, 0.05) is 22.6 Å². The molecule has 7 heteroatoms. The molecule has 0 spiro atoms. The van der Waals surface area contributed by atoms with Crippen LogP contribution in [0.3, 0.4) is 0 Å². The van der Waals surface area contributed by atoms with E-state index in [0.717, 1.165) is 41.7 Å². The summed E-state index contributed by atoms with van der Waals surface area (Å²) in [7, 11) is 0. The van der Waals surface area contributed by atoms with Crippen LogP contribution in [0.5, 0.6) is 0 Å². The van der Waals surface area contributed by atoms with Gasteiger partial charge in [0.15, 0.2) is 11.5 Å². The van der Waals surface area contributed by atoms with Crippen molar-refractivity contribution in [2.45, 2.75) is 37.5 Å². The highest BCUT2D eigenvalue weighted by atomic mass is 32.2. The molecule has 3 aromatic rings. The normalized spacial score (nSPS) is 16.5. The van der Waals surface area contributed by atoms with Crippen LogP contribution in [0.25, 0.3) is 22.9 Å². The van der Waals surface area contributed by atoms with E-state index in [1.807, 2.05) is 65.8 Å². The number of esters is 1. The second-order valence-corrected chi connectivity index (χ2v) is 8.70. The van der Waals surface area contributed by atoms with Crippen molar-refractivity contribution in [2.75, 3.05) is 6.54 Å². The molecule has 0 saturated heterocycles. The van der Waals surface area contributed by atoms with Gasteiger partial charge in [-0.1, -0.05) is 43.2 Å². The Hall–Kier alpha value is -3.06. The minimum atomic E-state index is -0.175. The second-order valence-electron chi connectivity index (χ2n) is 7.64. The lowest BCUT2D eigenvalue weighted by Gasteiger charge is -2.30. The van der Waals surface area contributed by atoms with Crippen LogP contribution in [-0.4, -0.2) is 27.0 Å². The Bertz CT molecular complexity index is 1120. The molecule has 0 atom stereocenters. The zero-order chi connectivity index (χ0) is 21.2. The van der Waals surface area contributed by atoms with Crippen molar-refractivity contribution in [1.29, 1.82) is 0 Å². The minimum Gasteiger partial charge on any atom is -0.423 e. The second kappa shape index (κ2) is 8.59. The first-order valence-corrected chi connectivity index (χ1v) is 11.4. The smallest absolute Gasteiger partial charge is 0.314 e. The van der Waals surface area contributed by atoms with Crippen molar-refractivity contribution >= 4 is 29.4 Å². The molecule has 1 aliphatic heterocycles. The number of nitrogens with zero attached hydrogens (tertiary/aromatic N) is 3. The molecule has 2 heterocycles. The van der Waals surface area contributed by atoms with E-state index in [2.05, 4.69) is 10.2 Å². The van der Waals surface area contributed by atoms with Gasteiger partial charge in [-0.3, -0.25) is 4.79 Å². The summed E-state index contributed by atoms with van der Waals surface area (Å²) >= 11 is 1.58. The topological polar surface area (TPSA) is 68.5 Å². The third kappa shape index (κ3) is 3.85. The van der Waals surface area contributed by atoms with Crippen molar-refractivity contribution in [3.05, 3.63) is 66.1 Å². The van der Waals surface area contributed by atoms with Crippen LogP contribution in [0.2, 0.25) is 0 Å². The fourth-order valence-corrected chi connectivity index (χ4v) is 5.05. The summed E-state index contributed by atoms with van der Waals surface area (Å²) in [5.74, 6) is 1.05. The molecule has 0 unspecified atom stereocenters. The zero-order valence-corrected chi connectivity index (χ0v) is 18.1. The molecule has 5 rings (SSSR count). The van der Waals surface area contributed by atoms with Crippen molar-refractivity contribution in [1.82, 2.24) is 14.5 Å². The standard InChI is InChI=1S/C24H23N3O3S/c1-2-27-20(23-26-25-22(30-23)16-10-4-3-5-11-16)21(18-14-8-9-15-19(18)31-27)29-24(28)17-12-6-7-13-17/h3-5,8-11,14-15,17H,2,6-7,12-13H2,1H3. The summed E-state index contributed by atoms with van der Waals surface area (Å²) in [5.41, 5.74) is 2.36. The number of fused-ring (bicyclic) bond motifs is 1. The molecule has 2 aromatic carbocycles. The molecule has 1 aromatic heterocycles. The van der Waals surface area contributed by atoms with E-state index >= 15 is 0 Å². The molecular formula is C24H23N3O3S. The van der Waals surface area contributed by atoms with Crippen LogP contribution in [0, 0.1) is 5.92 Å². The number of carbonyl (C=O) groups is 1. The highest BCUT2D eigenvalue weighted by molar-refractivity contribution is 7.97. The Morgan fingerprint density at radius 1 is 1.06 bits per heavy atom. The average molecular weight is 434 g/mol. The number of hydrogen-bond donors (Lipinski definition) is 0. The number of ether oxygens (including phenoxy) is 1. The van der Waals surface area contributed by atoms with Crippen LogP contribution >= 0.6 is 11.9 Å². The van der Waals surface area contributed by atoms with E-state index in [0.29, 0.717) is 29.8 Å². The Labute approximate surface area is 185 Å². The number of aromatic nitrogens is 2. The predicted octanol–water partition coefficient (Wildman–Crippen LogP) is 5.64. The summed E-state index contributed by atoms with van der Waals surface area (Å²) in [6, 6.07) is 17.6. The van der Waals surface area contributed by atoms with Gasteiger partial charge in [-0.15, -0.1) is 10.2 Å². The van der Waals surface area contributed by atoms with E-state index in [1.165, 1.54) is 0 Å². The maximum absolute atomic E-state index is 13.0. The molecule has 2 aliphatic rings. The fraction of sp³-hybridized carbons (Fsp3) is 0.292. The van der Waals surface area contributed by atoms with Crippen LogP contribution in [0.1, 0.15) is 44.1 Å². The highest BCUT2D eigenvalue weighted by Crippen LogP contribution is 2.45. The van der Waals surface area contributed by atoms with Crippen LogP contribution < -0.4 is 0 Å². The Balaban J connectivity index is 1.61. The van der Waals surface area contributed by atoms with Gasteiger partial charge in [-0.2, -0.15) is 0 Å². The Kier molecular flexibility index (Phi) is 5.51. The summed E-state index contributed by atoms with van der Waals surface area (Å²) in [6.45, 7) is 2.73. The first-order valence-electron chi connectivity index (χ1n) is 10.6. The lowest BCUT2D eigenvalue weighted by atomic mass is 10.1. The van der Waals surface area contributed by atoms with Gasteiger partial charge in [-0.05, 0) is 56.0 Å². The quantitative estimate of drug-likeness (QED) is 0.381. The largest absolute Gasteiger partial charge is 0.423 e. The lowest BCUT2D eigenvalue weighted by molar-refractivity contribution is -0.141. The van der Waals surface area contributed by atoms with Gasteiger partial charge in [0.25, 0.3) is 5.89 Å². The van der Waals surface area contributed by atoms with E-state index in [9.17, 15) is 4.79 Å².